The maximum atomic E-state index is 9.95. The van der Waals surface area contributed by atoms with Gasteiger partial charge < -0.3 is 20.3 Å². The third-order valence-corrected chi connectivity index (χ3v) is 3.36. The molecule has 0 radical (unpaired) electrons. The number of nitrogens with one attached hydrogen (secondary N) is 1. The second kappa shape index (κ2) is 9.90. The normalized spacial score (nSPS) is 15.9. The van der Waals surface area contributed by atoms with E-state index in [4.69, 9.17) is 4.74 Å². The molecule has 21 heavy (non-hydrogen) atoms. The second-order valence-corrected chi connectivity index (χ2v) is 5.98. The van der Waals surface area contributed by atoms with Crippen LogP contribution in [0, 0.1) is 5.92 Å². The second-order valence-electron chi connectivity index (χ2n) is 5.98. The van der Waals surface area contributed by atoms with Crippen LogP contribution in [-0.2, 0) is 4.74 Å². The Morgan fingerprint density at radius 2 is 1.81 bits per heavy atom. The van der Waals surface area contributed by atoms with Crippen LogP contribution in [0.2, 0.25) is 0 Å². The molecule has 0 aliphatic heterocycles. The lowest BCUT2D eigenvalue weighted by atomic mass is 10.1. The molecule has 4 nitrogen and oxygen atoms in total. The molecule has 0 aliphatic carbocycles. The van der Waals surface area contributed by atoms with Crippen molar-refractivity contribution in [3.8, 4) is 0 Å². The molecule has 0 aromatic heterocycles. The van der Waals surface area contributed by atoms with Crippen molar-refractivity contribution in [3.05, 3.63) is 35.9 Å². The van der Waals surface area contributed by atoms with E-state index < -0.39 is 6.10 Å². The van der Waals surface area contributed by atoms with Gasteiger partial charge in [-0.3, -0.25) is 0 Å². The predicted molar refractivity (Wildman–Crippen MR) is 85.1 cm³/mol. The summed E-state index contributed by atoms with van der Waals surface area (Å²) >= 11 is 0. The minimum absolute atomic E-state index is 0.00133. The Labute approximate surface area is 128 Å². The first kappa shape index (κ1) is 18.1. The van der Waals surface area contributed by atoms with Gasteiger partial charge in [0, 0.05) is 6.54 Å². The van der Waals surface area contributed by atoms with Crippen molar-refractivity contribution >= 4 is 0 Å². The molecule has 0 spiro atoms. The lowest BCUT2D eigenvalue weighted by molar-refractivity contribution is -0.00983. The smallest absolute Gasteiger partial charge is 0.0898 e. The number of rotatable bonds is 10. The van der Waals surface area contributed by atoms with E-state index in [-0.39, 0.29) is 18.8 Å². The molecular weight excluding hydrogens is 266 g/mol. The average molecular weight is 295 g/mol. The summed E-state index contributed by atoms with van der Waals surface area (Å²) in [6.07, 6.45) is 0.573. The van der Waals surface area contributed by atoms with Crippen molar-refractivity contribution in [3.63, 3.8) is 0 Å². The molecule has 1 aromatic carbocycles. The molecule has 0 heterocycles. The Balaban J connectivity index is 2.29. The van der Waals surface area contributed by atoms with Gasteiger partial charge in [-0.05, 0) is 24.8 Å². The van der Waals surface area contributed by atoms with Crippen molar-refractivity contribution in [2.24, 2.45) is 5.92 Å². The van der Waals surface area contributed by atoms with Crippen LogP contribution in [-0.4, -0.2) is 42.2 Å². The van der Waals surface area contributed by atoms with E-state index in [0.717, 1.165) is 12.0 Å². The zero-order chi connectivity index (χ0) is 15.7. The highest BCUT2D eigenvalue weighted by Gasteiger charge is 2.13. The highest BCUT2D eigenvalue weighted by Crippen LogP contribution is 2.12. The molecule has 0 bridgehead atoms. The Hall–Kier alpha value is -0.940. The monoisotopic (exact) mass is 295 g/mol. The number of ether oxygens (including phenoxy) is 1. The fourth-order valence-corrected chi connectivity index (χ4v) is 2.32. The fraction of sp³-hybridized carbons (Fsp3) is 0.647. The molecule has 1 rings (SSSR count). The molecular formula is C17H29NO3. The number of hydrogen-bond donors (Lipinski definition) is 3. The topological polar surface area (TPSA) is 61.7 Å². The zero-order valence-corrected chi connectivity index (χ0v) is 13.3. The molecule has 120 valence electrons. The van der Waals surface area contributed by atoms with E-state index in [2.05, 4.69) is 19.2 Å². The van der Waals surface area contributed by atoms with Crippen LogP contribution >= 0.6 is 0 Å². The van der Waals surface area contributed by atoms with Crippen molar-refractivity contribution in [2.45, 2.75) is 45.4 Å². The van der Waals surface area contributed by atoms with Gasteiger partial charge >= 0.3 is 0 Å². The molecule has 1 aromatic rings. The predicted octanol–water partition coefficient (Wildman–Crippen LogP) is 2.12. The van der Waals surface area contributed by atoms with Crippen LogP contribution in [0.5, 0.6) is 0 Å². The van der Waals surface area contributed by atoms with Gasteiger partial charge in [0.15, 0.2) is 0 Å². The number of aliphatic hydroxyl groups is 2. The zero-order valence-electron chi connectivity index (χ0n) is 13.3. The quantitative estimate of drug-likeness (QED) is 0.619. The van der Waals surface area contributed by atoms with Gasteiger partial charge in [-0.2, -0.15) is 0 Å². The van der Waals surface area contributed by atoms with Gasteiger partial charge in [-0.15, -0.1) is 0 Å². The van der Waals surface area contributed by atoms with Crippen LogP contribution in [0.3, 0.4) is 0 Å². The minimum atomic E-state index is -0.572. The summed E-state index contributed by atoms with van der Waals surface area (Å²) < 4.78 is 5.63. The highest BCUT2D eigenvalue weighted by molar-refractivity contribution is 5.18. The summed E-state index contributed by atoms with van der Waals surface area (Å²) in [5.74, 6) is 0.590. The molecule has 0 aliphatic rings. The van der Waals surface area contributed by atoms with E-state index in [0.29, 0.717) is 19.1 Å². The molecule has 3 N–H and O–H groups in total. The Morgan fingerprint density at radius 3 is 2.38 bits per heavy atom. The van der Waals surface area contributed by atoms with Crippen LogP contribution in [0.25, 0.3) is 0 Å². The van der Waals surface area contributed by atoms with Crippen molar-refractivity contribution < 1.29 is 14.9 Å². The van der Waals surface area contributed by atoms with Crippen molar-refractivity contribution in [2.75, 3.05) is 19.8 Å². The molecule has 4 heteroatoms. The van der Waals surface area contributed by atoms with Gasteiger partial charge in [-0.1, -0.05) is 44.2 Å². The minimum Gasteiger partial charge on any atom is -0.394 e. The van der Waals surface area contributed by atoms with E-state index in [9.17, 15) is 10.2 Å². The standard InChI is InChI=1S/C17H29NO3/c1-13(2)9-14(3)21-12-16(20)10-18-17(11-19)15-7-5-4-6-8-15/h4-8,13-14,16-20H,9-12H2,1-3H3. The first-order chi connectivity index (χ1) is 10.0. The lowest BCUT2D eigenvalue weighted by Gasteiger charge is -2.21. The summed E-state index contributed by atoms with van der Waals surface area (Å²) in [5, 5.41) is 22.6. The SMILES string of the molecule is CC(C)CC(C)OCC(O)CNC(CO)c1ccccc1. The van der Waals surface area contributed by atoms with Gasteiger partial charge in [0.2, 0.25) is 0 Å². The van der Waals surface area contributed by atoms with Crippen LogP contribution in [0.1, 0.15) is 38.8 Å². The van der Waals surface area contributed by atoms with Crippen LogP contribution in [0.4, 0.5) is 0 Å². The molecule has 3 unspecified atom stereocenters. The van der Waals surface area contributed by atoms with E-state index in [1.807, 2.05) is 37.3 Å². The average Bonchev–Trinajstić information content (AvgIpc) is 2.46. The summed E-state index contributed by atoms with van der Waals surface area (Å²) in [6.45, 7) is 7.05. The molecule has 0 fully saturated rings. The largest absolute Gasteiger partial charge is 0.394 e. The van der Waals surface area contributed by atoms with E-state index in [1.165, 1.54) is 0 Å². The summed E-state index contributed by atoms with van der Waals surface area (Å²) in [4.78, 5) is 0. The van der Waals surface area contributed by atoms with Crippen LogP contribution in [0.15, 0.2) is 30.3 Å². The third-order valence-electron chi connectivity index (χ3n) is 3.36. The molecule has 0 saturated heterocycles. The Kier molecular flexibility index (Phi) is 8.54. The Morgan fingerprint density at radius 1 is 1.14 bits per heavy atom. The van der Waals surface area contributed by atoms with Crippen LogP contribution < -0.4 is 5.32 Å². The number of benzene rings is 1. The van der Waals surface area contributed by atoms with E-state index in [1.54, 1.807) is 0 Å². The van der Waals surface area contributed by atoms with Crippen molar-refractivity contribution in [1.82, 2.24) is 5.32 Å². The van der Waals surface area contributed by atoms with E-state index >= 15 is 0 Å². The van der Waals surface area contributed by atoms with Gasteiger partial charge in [0.25, 0.3) is 0 Å². The highest BCUT2D eigenvalue weighted by atomic mass is 16.5. The third kappa shape index (κ3) is 7.58. The maximum Gasteiger partial charge on any atom is 0.0898 e. The number of hydrogen-bond acceptors (Lipinski definition) is 4. The first-order valence-corrected chi connectivity index (χ1v) is 7.71. The maximum absolute atomic E-state index is 9.95. The summed E-state index contributed by atoms with van der Waals surface area (Å²) in [5.41, 5.74) is 1.02. The number of aliphatic hydroxyl groups excluding tert-OH is 2. The van der Waals surface area contributed by atoms with Crippen molar-refractivity contribution in [1.29, 1.82) is 0 Å². The molecule has 0 amide bonds. The summed E-state index contributed by atoms with van der Waals surface area (Å²) in [6, 6.07) is 9.58. The Bertz CT molecular complexity index is 370. The van der Waals surface area contributed by atoms with Gasteiger partial charge in [0.1, 0.15) is 0 Å². The fourth-order valence-electron chi connectivity index (χ4n) is 2.32. The summed E-state index contributed by atoms with van der Waals surface area (Å²) in [7, 11) is 0. The molecule has 3 atom stereocenters. The molecule has 0 saturated carbocycles. The lowest BCUT2D eigenvalue weighted by Crippen LogP contribution is -2.35. The first-order valence-electron chi connectivity index (χ1n) is 7.71. The van der Waals surface area contributed by atoms with Gasteiger partial charge in [0.05, 0.1) is 31.5 Å². The van der Waals surface area contributed by atoms with Gasteiger partial charge in [-0.25, -0.2) is 0 Å².